The minimum atomic E-state index is -1.27. The number of amides is 2. The molecule has 1 aromatic heterocycles. The molecule has 0 radical (unpaired) electrons. The topological polar surface area (TPSA) is 105 Å². The van der Waals surface area contributed by atoms with Crippen LogP contribution in [0.4, 0.5) is 0 Å². The van der Waals surface area contributed by atoms with E-state index in [1.807, 2.05) is 0 Å². The molecule has 0 aliphatic heterocycles. The molecule has 1 unspecified atom stereocenters. The molecule has 4 rings (SSSR count). The number of aliphatic hydroxyl groups excluding tert-OH is 1. The van der Waals surface area contributed by atoms with Crippen LogP contribution in [0.1, 0.15) is 63.2 Å². The molecule has 8 nitrogen and oxygen atoms in total. The third-order valence-electron chi connectivity index (χ3n) is 7.24. The predicted octanol–water partition coefficient (Wildman–Crippen LogP) is 0.956. The van der Waals surface area contributed by atoms with Gasteiger partial charge < -0.3 is 20.5 Å². The van der Waals surface area contributed by atoms with Crippen LogP contribution >= 0.6 is 0 Å². The molecule has 0 spiro atoms. The fourth-order valence-corrected chi connectivity index (χ4v) is 5.41. The summed E-state index contributed by atoms with van der Waals surface area (Å²) in [6.07, 6.45) is 7.27. The monoisotopic (exact) mass is 390 g/mol. The Balaban J connectivity index is 1.37. The molecule has 1 aromatic rings. The number of rotatable bonds is 6. The Morgan fingerprint density at radius 1 is 1.25 bits per heavy atom. The number of aryl methyl sites for hydroxylation is 1. The molecule has 3 aliphatic carbocycles. The molecule has 1 heterocycles. The number of hydrogen-bond acceptors (Lipinski definition) is 5. The van der Waals surface area contributed by atoms with Gasteiger partial charge in [0.05, 0.1) is 16.7 Å². The Bertz CT molecular complexity index is 753. The quantitative estimate of drug-likeness (QED) is 0.671. The average molecular weight is 390 g/mol. The van der Waals surface area contributed by atoms with Gasteiger partial charge in [-0.3, -0.25) is 14.3 Å². The van der Waals surface area contributed by atoms with Crippen molar-refractivity contribution in [3.63, 3.8) is 0 Å². The summed E-state index contributed by atoms with van der Waals surface area (Å²) >= 11 is 0. The molecular weight excluding hydrogens is 360 g/mol. The van der Waals surface area contributed by atoms with Gasteiger partial charge in [0.1, 0.15) is 0 Å². The van der Waals surface area contributed by atoms with Gasteiger partial charge in [-0.15, -0.1) is 0 Å². The number of methoxy groups -OCH3 is 1. The number of fused-ring (bicyclic) bond motifs is 2. The van der Waals surface area contributed by atoms with Gasteiger partial charge in [0.2, 0.25) is 5.91 Å². The first-order valence-corrected chi connectivity index (χ1v) is 10.2. The summed E-state index contributed by atoms with van der Waals surface area (Å²) in [6, 6.07) is 1.37. The lowest BCUT2D eigenvalue weighted by Crippen LogP contribution is -2.52. The number of hydrogen-bond donors (Lipinski definition) is 3. The summed E-state index contributed by atoms with van der Waals surface area (Å²) in [4.78, 5) is 25.6. The van der Waals surface area contributed by atoms with E-state index in [4.69, 9.17) is 4.74 Å². The van der Waals surface area contributed by atoms with E-state index in [1.165, 1.54) is 4.68 Å². The second kappa shape index (κ2) is 7.15. The normalized spacial score (nSPS) is 35.1. The fraction of sp³-hybridized carbons (Fsp3) is 0.750. The van der Waals surface area contributed by atoms with Gasteiger partial charge >= 0.3 is 0 Å². The van der Waals surface area contributed by atoms with Crippen molar-refractivity contribution in [3.8, 4) is 0 Å². The van der Waals surface area contributed by atoms with Crippen molar-refractivity contribution in [1.29, 1.82) is 0 Å². The Morgan fingerprint density at radius 3 is 2.50 bits per heavy atom. The molecule has 154 valence electrons. The Labute approximate surface area is 165 Å². The Morgan fingerprint density at radius 2 is 1.93 bits per heavy atom. The van der Waals surface area contributed by atoms with Crippen molar-refractivity contribution >= 4 is 11.8 Å². The van der Waals surface area contributed by atoms with Crippen LogP contribution in [0.3, 0.4) is 0 Å². The zero-order valence-electron chi connectivity index (χ0n) is 16.6. The number of carbonyl (C=O) groups is 2. The predicted molar refractivity (Wildman–Crippen MR) is 101 cm³/mol. The van der Waals surface area contributed by atoms with Crippen molar-refractivity contribution in [2.45, 2.75) is 75.2 Å². The van der Waals surface area contributed by atoms with Crippen LogP contribution in [0, 0.1) is 5.41 Å². The lowest BCUT2D eigenvalue weighted by Gasteiger charge is -2.30. The van der Waals surface area contributed by atoms with Crippen LogP contribution in [0.2, 0.25) is 0 Å². The number of nitrogens with one attached hydrogen (secondary N) is 2. The highest BCUT2D eigenvalue weighted by molar-refractivity contribution is 5.85. The fourth-order valence-electron chi connectivity index (χ4n) is 5.41. The van der Waals surface area contributed by atoms with Crippen molar-refractivity contribution in [1.82, 2.24) is 20.4 Å². The molecule has 3 saturated carbocycles. The summed E-state index contributed by atoms with van der Waals surface area (Å²) < 4.78 is 7.19. The summed E-state index contributed by atoms with van der Waals surface area (Å²) in [7, 11) is 3.43. The van der Waals surface area contributed by atoms with E-state index in [2.05, 4.69) is 15.7 Å². The van der Waals surface area contributed by atoms with Crippen LogP contribution in [0.25, 0.3) is 0 Å². The minimum absolute atomic E-state index is 0.0947. The Kier molecular flexibility index (Phi) is 4.95. The van der Waals surface area contributed by atoms with Gasteiger partial charge in [-0.25, -0.2) is 0 Å². The lowest BCUT2D eigenvalue weighted by atomic mass is 9.83. The van der Waals surface area contributed by atoms with Gasteiger partial charge in [0.15, 0.2) is 6.10 Å². The maximum absolute atomic E-state index is 13.1. The van der Waals surface area contributed by atoms with Crippen molar-refractivity contribution < 1.29 is 19.4 Å². The highest BCUT2D eigenvalue weighted by atomic mass is 16.5. The van der Waals surface area contributed by atoms with E-state index in [1.54, 1.807) is 26.4 Å². The second-order valence-electron chi connectivity index (χ2n) is 8.75. The SMILES string of the molecule is COC12CCC(C(=O)N[C@@H]3CCC[C@H]3NC(=O)C(O)c3ccnn3C)(CC1)C2. The number of aromatic nitrogens is 2. The van der Waals surface area contributed by atoms with Crippen LogP contribution in [0.5, 0.6) is 0 Å². The van der Waals surface area contributed by atoms with Crippen LogP contribution in [0.15, 0.2) is 12.3 Å². The maximum Gasteiger partial charge on any atom is 0.255 e. The number of ether oxygens (including phenoxy) is 1. The van der Waals surface area contributed by atoms with Gasteiger partial charge in [0.25, 0.3) is 5.91 Å². The molecule has 0 aromatic carbocycles. The van der Waals surface area contributed by atoms with E-state index in [0.717, 1.165) is 51.4 Å². The largest absolute Gasteiger partial charge is 0.378 e. The third-order valence-corrected chi connectivity index (χ3v) is 7.24. The molecule has 28 heavy (non-hydrogen) atoms. The molecule has 3 atom stereocenters. The van der Waals surface area contributed by atoms with E-state index >= 15 is 0 Å². The van der Waals surface area contributed by atoms with Crippen molar-refractivity contribution in [2.75, 3.05) is 7.11 Å². The highest BCUT2D eigenvalue weighted by Gasteiger charge is 2.58. The third kappa shape index (κ3) is 3.22. The van der Waals surface area contributed by atoms with E-state index in [-0.39, 0.29) is 29.0 Å². The van der Waals surface area contributed by atoms with E-state index < -0.39 is 12.0 Å². The molecule has 2 amide bonds. The molecule has 0 saturated heterocycles. The number of aliphatic hydroxyl groups is 1. The zero-order valence-corrected chi connectivity index (χ0v) is 16.6. The van der Waals surface area contributed by atoms with Gasteiger partial charge in [-0.1, -0.05) is 0 Å². The summed E-state index contributed by atoms with van der Waals surface area (Å²) in [5.41, 5.74) is 0.0117. The van der Waals surface area contributed by atoms with E-state index in [0.29, 0.717) is 5.69 Å². The van der Waals surface area contributed by atoms with E-state index in [9.17, 15) is 14.7 Å². The first kappa shape index (κ1) is 19.4. The van der Waals surface area contributed by atoms with Gasteiger partial charge in [0, 0.05) is 32.4 Å². The van der Waals surface area contributed by atoms with Gasteiger partial charge in [-0.05, 0) is 57.4 Å². The smallest absolute Gasteiger partial charge is 0.255 e. The Hall–Kier alpha value is -1.93. The molecule has 8 heteroatoms. The molecule has 3 N–H and O–H groups in total. The first-order valence-electron chi connectivity index (χ1n) is 10.2. The minimum Gasteiger partial charge on any atom is -0.378 e. The van der Waals surface area contributed by atoms with Gasteiger partial charge in [-0.2, -0.15) is 5.10 Å². The summed E-state index contributed by atoms with van der Waals surface area (Å²) in [5, 5.41) is 20.5. The summed E-state index contributed by atoms with van der Waals surface area (Å²) in [5.74, 6) is -0.352. The van der Waals surface area contributed by atoms with Crippen molar-refractivity contribution in [3.05, 3.63) is 18.0 Å². The second-order valence-corrected chi connectivity index (χ2v) is 8.75. The molecule has 3 aliphatic rings. The number of carbonyl (C=O) groups excluding carboxylic acids is 2. The van der Waals surface area contributed by atoms with Crippen LogP contribution in [-0.4, -0.2) is 51.5 Å². The molecular formula is C20H30N4O4. The standard InChI is InChI=1S/C20H30N4O4/c1-24-15(6-11-21-24)16(25)17(26)22-13-4-3-5-14(13)23-18(27)19-7-9-20(12-19,28-2)10-8-19/h6,11,13-14,16,25H,3-5,7-10,12H2,1-2H3,(H,22,26)(H,23,27)/t13-,14-,16?,19?,20?/m1/s1. The van der Waals surface area contributed by atoms with Crippen molar-refractivity contribution in [2.24, 2.45) is 12.5 Å². The van der Waals surface area contributed by atoms with Crippen LogP contribution < -0.4 is 10.6 Å². The average Bonchev–Trinajstić information content (AvgIpc) is 3.46. The molecule has 2 bridgehead atoms. The van der Waals surface area contributed by atoms with Crippen LogP contribution in [-0.2, 0) is 21.4 Å². The zero-order chi connectivity index (χ0) is 19.9. The highest BCUT2D eigenvalue weighted by Crippen LogP contribution is 2.58. The molecule has 3 fully saturated rings. The maximum atomic E-state index is 13.1. The summed E-state index contributed by atoms with van der Waals surface area (Å²) in [6.45, 7) is 0. The first-order chi connectivity index (χ1) is 13.4. The lowest BCUT2D eigenvalue weighted by molar-refractivity contribution is -0.133. The number of nitrogens with zero attached hydrogens (tertiary/aromatic N) is 2.